The molecule has 0 aliphatic rings. The Balaban J connectivity index is 0.00000296. The standard InChI is InChI=1S/C43H34N8O13S6.4Na/c1-21-5-11-33-37(39(21)69(59,60)61)65-41(46-33)25-7-13-31(35(19-25)67(53,54)55)50-48-29-15-9-27(17-23(29)3)44-43(52)45-28-10-16-30(24(4)18-28)49-51-32-14-8-26(20-36(32)68(56,57)58)42-47-34-12-6-22(2)40(38(34)66-42)70(62,63)64;;;;/h5-20H,1-4H3,(H2,44,45,52)(H,53,54,55)(H,56,57,58)(H,59,60,61)(H,62,63,64);;;;/q;4*+1/p-4. The number of aryl methyl sites for hydroxylation is 4. The minimum Gasteiger partial charge on any atom is -0.744 e. The van der Waals surface area contributed by atoms with Crippen LogP contribution in [0.5, 0.6) is 0 Å². The van der Waals surface area contributed by atoms with Gasteiger partial charge < -0.3 is 28.8 Å². The number of rotatable bonds is 12. The molecular formula is C43H30N8Na4O13S6. The first-order valence-electron chi connectivity index (χ1n) is 19.8. The quantitative estimate of drug-likeness (QED) is 0.0731. The molecule has 0 aliphatic carbocycles. The number of amides is 2. The van der Waals surface area contributed by atoms with Gasteiger partial charge in [0.1, 0.15) is 61.9 Å². The number of carbonyl (C=O) groups excluding carboxylic acids is 1. The zero-order valence-corrected chi connectivity index (χ0v) is 53.1. The number of hydrogen-bond acceptors (Lipinski definition) is 21. The first-order chi connectivity index (χ1) is 32.7. The predicted molar refractivity (Wildman–Crippen MR) is 255 cm³/mol. The smallest absolute Gasteiger partial charge is 0.744 e. The summed E-state index contributed by atoms with van der Waals surface area (Å²) in [5.41, 5.74) is 2.67. The molecule has 0 spiro atoms. The van der Waals surface area contributed by atoms with E-state index in [1.54, 1.807) is 26.0 Å². The summed E-state index contributed by atoms with van der Waals surface area (Å²) in [7, 11) is -20.0. The van der Waals surface area contributed by atoms with Crippen molar-refractivity contribution < 1.29 is 175 Å². The minimum absolute atomic E-state index is 0. The van der Waals surface area contributed by atoms with Gasteiger partial charge in [-0.3, -0.25) is 0 Å². The number of thiazole rings is 2. The molecule has 2 N–H and O–H groups in total. The predicted octanol–water partition coefficient (Wildman–Crippen LogP) is -2.42. The van der Waals surface area contributed by atoms with Crippen LogP contribution >= 0.6 is 22.7 Å². The Labute approximate surface area is 520 Å². The van der Waals surface area contributed by atoms with Gasteiger partial charge in [-0.2, -0.15) is 10.2 Å². The van der Waals surface area contributed by atoms with E-state index in [1.165, 1.54) is 86.6 Å². The summed E-state index contributed by atoms with van der Waals surface area (Å²) < 4.78 is 146. The van der Waals surface area contributed by atoms with E-state index in [2.05, 4.69) is 41.1 Å². The average Bonchev–Trinajstić information content (AvgIpc) is 3.89. The van der Waals surface area contributed by atoms with Crippen LogP contribution in [0.15, 0.2) is 137 Å². The maximum absolute atomic E-state index is 13.0. The SMILES string of the molecule is Cc1cc(NC(=O)Nc2ccc(N=Nc3ccc(-c4nc5ccc(C)c(S(=O)(=O)[O-])c5s4)cc3S(=O)(=O)[O-])c(C)c2)ccc1N=Nc1ccc(-c2nc3ccc(C)c(S(=O)(=O)[O-])c3s2)cc1S(=O)(=O)[O-].[Na+].[Na+].[Na+].[Na+]. The van der Waals surface area contributed by atoms with Crippen LogP contribution in [0.25, 0.3) is 41.6 Å². The zero-order chi connectivity index (χ0) is 50.7. The Kier molecular flexibility index (Phi) is 21.5. The van der Waals surface area contributed by atoms with Crippen LogP contribution in [0.3, 0.4) is 0 Å². The third-order valence-electron chi connectivity index (χ3n) is 10.3. The van der Waals surface area contributed by atoms with Crippen LogP contribution in [0.2, 0.25) is 0 Å². The average molecular weight is 1150 g/mol. The molecule has 0 saturated heterocycles. The van der Waals surface area contributed by atoms with Gasteiger partial charge in [-0.25, -0.2) is 48.4 Å². The number of carbonyl (C=O) groups is 1. The molecule has 0 radical (unpaired) electrons. The number of anilines is 2. The summed E-state index contributed by atoms with van der Waals surface area (Å²) >= 11 is 1.68. The second-order valence-electron chi connectivity index (χ2n) is 15.3. The summed E-state index contributed by atoms with van der Waals surface area (Å²) in [6.45, 7) is 6.20. The monoisotopic (exact) mass is 1150 g/mol. The van der Waals surface area contributed by atoms with Crippen LogP contribution in [-0.2, 0) is 40.5 Å². The molecule has 74 heavy (non-hydrogen) atoms. The molecule has 0 bridgehead atoms. The number of nitrogens with one attached hydrogen (secondary N) is 2. The summed E-state index contributed by atoms with van der Waals surface area (Å²) in [4.78, 5) is 19.3. The number of fused-ring (bicyclic) bond motifs is 2. The Hall–Kier alpha value is -2.79. The van der Waals surface area contributed by atoms with Crippen molar-refractivity contribution in [3.8, 4) is 21.1 Å². The van der Waals surface area contributed by atoms with Crippen LogP contribution in [0.4, 0.5) is 38.9 Å². The summed E-state index contributed by atoms with van der Waals surface area (Å²) in [6, 6.07) is 21.7. The molecule has 31 heteroatoms. The maximum Gasteiger partial charge on any atom is 1.00 e. The van der Waals surface area contributed by atoms with Crippen molar-refractivity contribution in [3.05, 3.63) is 119 Å². The minimum atomic E-state index is -5.12. The van der Waals surface area contributed by atoms with E-state index >= 15 is 0 Å². The van der Waals surface area contributed by atoms with Crippen LogP contribution in [0, 0.1) is 27.7 Å². The molecule has 0 unspecified atom stereocenters. The number of azo groups is 2. The Morgan fingerprint density at radius 1 is 0.446 bits per heavy atom. The van der Waals surface area contributed by atoms with Crippen molar-refractivity contribution in [2.75, 3.05) is 10.6 Å². The molecule has 2 amide bonds. The van der Waals surface area contributed by atoms with Gasteiger partial charge in [-0.15, -0.1) is 32.9 Å². The van der Waals surface area contributed by atoms with E-state index < -0.39 is 66.1 Å². The van der Waals surface area contributed by atoms with Crippen LogP contribution < -0.4 is 129 Å². The largest absolute Gasteiger partial charge is 1.00 e. The van der Waals surface area contributed by atoms with Crippen molar-refractivity contribution in [1.29, 1.82) is 0 Å². The normalized spacial score (nSPS) is 12.0. The molecule has 21 nitrogen and oxygen atoms in total. The van der Waals surface area contributed by atoms with Gasteiger partial charge in [0.25, 0.3) is 0 Å². The molecule has 0 saturated carbocycles. The molecule has 2 aromatic heterocycles. The van der Waals surface area contributed by atoms with E-state index in [0.29, 0.717) is 22.5 Å². The van der Waals surface area contributed by atoms with Crippen molar-refractivity contribution in [2.24, 2.45) is 20.5 Å². The number of nitrogens with zero attached hydrogens (tertiary/aromatic N) is 6. The van der Waals surface area contributed by atoms with E-state index in [9.17, 15) is 56.7 Å². The fraction of sp³-hybridized carbons (Fsp3) is 0.0930. The van der Waals surface area contributed by atoms with Gasteiger partial charge in [-0.1, -0.05) is 12.1 Å². The molecule has 6 aromatic carbocycles. The van der Waals surface area contributed by atoms with Crippen LogP contribution in [-0.4, -0.2) is 67.9 Å². The molecule has 0 atom stereocenters. The zero-order valence-electron chi connectivity index (χ0n) is 40.2. The second-order valence-corrected chi connectivity index (χ2v) is 22.6. The molecule has 0 fully saturated rings. The molecule has 8 aromatic rings. The Morgan fingerprint density at radius 3 is 1.11 bits per heavy atom. The molecule has 2 heterocycles. The molecule has 8 rings (SSSR count). The molecular weight excluding hydrogens is 1120 g/mol. The summed E-state index contributed by atoms with van der Waals surface area (Å²) in [5, 5.41) is 21.9. The van der Waals surface area contributed by atoms with Crippen LogP contribution in [0.1, 0.15) is 22.3 Å². The third kappa shape index (κ3) is 14.5. The number of aromatic nitrogens is 2. The Morgan fingerprint density at radius 2 is 0.784 bits per heavy atom. The van der Waals surface area contributed by atoms with Crippen molar-refractivity contribution >= 4 is 124 Å². The molecule has 360 valence electrons. The van der Waals surface area contributed by atoms with Crippen molar-refractivity contribution in [3.63, 3.8) is 0 Å². The summed E-state index contributed by atoms with van der Waals surface area (Å²) in [6.07, 6.45) is 0. The van der Waals surface area contributed by atoms with E-state index in [0.717, 1.165) is 34.8 Å². The number of benzene rings is 6. The van der Waals surface area contributed by atoms with E-state index in [4.69, 9.17) is 0 Å². The van der Waals surface area contributed by atoms with Crippen molar-refractivity contribution in [2.45, 2.75) is 47.3 Å². The Bertz CT molecular complexity index is 3810. The van der Waals surface area contributed by atoms with E-state index in [-0.39, 0.29) is 194 Å². The first-order valence-corrected chi connectivity index (χ1v) is 27.1. The van der Waals surface area contributed by atoms with Crippen molar-refractivity contribution in [1.82, 2.24) is 9.97 Å². The third-order valence-corrected chi connectivity index (χ3v) is 16.6. The number of urea groups is 1. The maximum atomic E-state index is 13.0. The van der Waals surface area contributed by atoms with Gasteiger partial charge in [-0.05, 0) is 135 Å². The van der Waals surface area contributed by atoms with Gasteiger partial charge in [0, 0.05) is 22.5 Å². The van der Waals surface area contributed by atoms with Gasteiger partial charge in [0.2, 0.25) is 0 Å². The molecule has 0 aliphatic heterocycles. The van der Waals surface area contributed by atoms with Gasteiger partial charge >= 0.3 is 124 Å². The van der Waals surface area contributed by atoms with Gasteiger partial charge in [0.15, 0.2) is 0 Å². The first kappa shape index (κ1) is 63.7. The summed E-state index contributed by atoms with van der Waals surface area (Å²) in [5.74, 6) is 0. The fourth-order valence-corrected chi connectivity index (χ4v) is 12.9. The fourth-order valence-electron chi connectivity index (χ4n) is 7.06. The van der Waals surface area contributed by atoms with E-state index in [1.807, 2.05) is 0 Å². The number of hydrogen-bond donors (Lipinski definition) is 2. The second kappa shape index (κ2) is 24.9. The topological polar surface area (TPSA) is 345 Å². The van der Waals surface area contributed by atoms with Gasteiger partial charge in [0.05, 0.1) is 51.4 Å².